The summed E-state index contributed by atoms with van der Waals surface area (Å²) in [6.45, 7) is 0. The average Bonchev–Trinajstić information content (AvgIpc) is 2.85. The monoisotopic (exact) mass is 278 g/mol. The van der Waals surface area contributed by atoms with Gasteiger partial charge in [-0.25, -0.2) is 9.61 Å². The number of benzene rings is 1. The highest BCUT2D eigenvalue weighted by molar-refractivity contribution is 7.99. The number of rotatable bonds is 2. The van der Waals surface area contributed by atoms with Gasteiger partial charge in [0.1, 0.15) is 5.03 Å². The van der Waals surface area contributed by atoms with Gasteiger partial charge < -0.3 is 5.73 Å². The molecule has 3 aromatic rings. The molecule has 0 saturated carbocycles. The standard InChI is InChI=1S/C11H7ClN4OS/c12-6-2-1-5-14-11(6)18-8-4-3-7(13)9-10(8)16-17-15-9/h1-5H,13H2. The first-order chi connectivity index (χ1) is 8.75. The summed E-state index contributed by atoms with van der Waals surface area (Å²) >= 11 is 7.46. The van der Waals surface area contributed by atoms with Gasteiger partial charge in [-0.1, -0.05) is 23.4 Å². The smallest absolute Gasteiger partial charge is 0.159 e. The van der Waals surface area contributed by atoms with Crippen LogP contribution in [0.25, 0.3) is 11.0 Å². The van der Waals surface area contributed by atoms with Crippen LogP contribution in [0, 0.1) is 0 Å². The molecule has 0 radical (unpaired) electrons. The number of pyridine rings is 1. The molecule has 0 bridgehead atoms. The molecule has 0 fully saturated rings. The lowest BCUT2D eigenvalue weighted by atomic mass is 10.3. The van der Waals surface area contributed by atoms with Crippen LogP contribution in [0.2, 0.25) is 5.02 Å². The predicted octanol–water partition coefficient (Wildman–Crippen LogP) is 3.00. The van der Waals surface area contributed by atoms with Gasteiger partial charge in [0.05, 0.1) is 10.7 Å². The van der Waals surface area contributed by atoms with Crippen molar-refractivity contribution in [3.8, 4) is 0 Å². The maximum atomic E-state index is 6.06. The second kappa shape index (κ2) is 4.47. The molecule has 2 aromatic heterocycles. The van der Waals surface area contributed by atoms with Crippen LogP contribution in [0.15, 0.2) is 45.0 Å². The molecule has 0 amide bonds. The number of nitrogens with zero attached hydrogens (tertiary/aromatic N) is 3. The van der Waals surface area contributed by atoms with E-state index >= 15 is 0 Å². The summed E-state index contributed by atoms with van der Waals surface area (Å²) in [7, 11) is 0. The summed E-state index contributed by atoms with van der Waals surface area (Å²) in [6.07, 6.45) is 1.68. The zero-order valence-corrected chi connectivity index (χ0v) is 10.6. The van der Waals surface area contributed by atoms with Gasteiger partial charge in [0.25, 0.3) is 0 Å². The zero-order valence-electron chi connectivity index (χ0n) is 9.00. The van der Waals surface area contributed by atoms with E-state index < -0.39 is 0 Å². The lowest BCUT2D eigenvalue weighted by Gasteiger charge is -2.03. The fraction of sp³-hybridized carbons (Fsp3) is 0. The van der Waals surface area contributed by atoms with Gasteiger partial charge in [-0.2, -0.15) is 0 Å². The number of aromatic nitrogens is 3. The minimum atomic E-state index is 0.530. The van der Waals surface area contributed by atoms with Crippen molar-refractivity contribution in [2.45, 2.75) is 9.92 Å². The third-order valence-corrected chi connectivity index (χ3v) is 3.83. The van der Waals surface area contributed by atoms with Crippen molar-refractivity contribution in [2.24, 2.45) is 0 Å². The molecule has 3 rings (SSSR count). The lowest BCUT2D eigenvalue weighted by Crippen LogP contribution is -1.88. The van der Waals surface area contributed by atoms with Crippen LogP contribution >= 0.6 is 23.4 Å². The molecule has 0 spiro atoms. The van der Waals surface area contributed by atoms with Crippen LogP contribution < -0.4 is 5.73 Å². The SMILES string of the molecule is Nc1ccc(Sc2ncccc2Cl)c2nonc12. The van der Waals surface area contributed by atoms with Crippen LogP contribution in [0.4, 0.5) is 5.69 Å². The highest BCUT2D eigenvalue weighted by Crippen LogP contribution is 2.35. The maximum Gasteiger partial charge on any atom is 0.159 e. The number of hydrogen-bond acceptors (Lipinski definition) is 6. The van der Waals surface area contributed by atoms with Gasteiger partial charge in [0.2, 0.25) is 0 Å². The number of nitrogen functional groups attached to an aromatic ring is 1. The molecule has 0 unspecified atom stereocenters. The van der Waals surface area contributed by atoms with Crippen molar-refractivity contribution in [3.05, 3.63) is 35.5 Å². The van der Waals surface area contributed by atoms with E-state index in [0.717, 1.165) is 4.90 Å². The van der Waals surface area contributed by atoms with Gasteiger partial charge in [0.15, 0.2) is 11.0 Å². The Kier molecular flexibility index (Phi) is 2.81. The van der Waals surface area contributed by atoms with Gasteiger partial charge >= 0.3 is 0 Å². The Morgan fingerprint density at radius 2 is 2.00 bits per heavy atom. The van der Waals surface area contributed by atoms with E-state index in [1.807, 2.05) is 6.07 Å². The number of halogens is 1. The van der Waals surface area contributed by atoms with Crippen molar-refractivity contribution in [1.82, 2.24) is 15.3 Å². The molecule has 0 aliphatic rings. The lowest BCUT2D eigenvalue weighted by molar-refractivity contribution is 0.315. The summed E-state index contributed by atoms with van der Waals surface area (Å²) in [6, 6.07) is 7.16. The Morgan fingerprint density at radius 1 is 1.17 bits per heavy atom. The average molecular weight is 279 g/mol. The molecule has 0 atom stereocenters. The molecule has 5 nitrogen and oxygen atoms in total. The number of fused-ring (bicyclic) bond motifs is 1. The topological polar surface area (TPSA) is 77.8 Å². The Morgan fingerprint density at radius 3 is 2.83 bits per heavy atom. The van der Waals surface area contributed by atoms with Gasteiger partial charge in [-0.15, -0.1) is 0 Å². The van der Waals surface area contributed by atoms with Crippen LogP contribution in [0.1, 0.15) is 0 Å². The summed E-state index contributed by atoms with van der Waals surface area (Å²) in [4.78, 5) is 5.06. The van der Waals surface area contributed by atoms with E-state index in [9.17, 15) is 0 Å². The molecule has 1 aromatic carbocycles. The predicted molar refractivity (Wildman–Crippen MR) is 69.6 cm³/mol. The summed E-state index contributed by atoms with van der Waals surface area (Å²) < 4.78 is 4.71. The third-order valence-electron chi connectivity index (χ3n) is 2.34. The Labute approximate surface area is 111 Å². The third kappa shape index (κ3) is 1.89. The van der Waals surface area contributed by atoms with Crippen molar-refractivity contribution in [1.29, 1.82) is 0 Å². The quantitative estimate of drug-likeness (QED) is 0.726. The van der Waals surface area contributed by atoms with E-state index in [1.165, 1.54) is 11.8 Å². The molecule has 2 N–H and O–H groups in total. The molecule has 0 saturated heterocycles. The van der Waals surface area contributed by atoms with Gasteiger partial charge in [-0.3, -0.25) is 0 Å². The van der Waals surface area contributed by atoms with E-state index in [1.54, 1.807) is 24.4 Å². The van der Waals surface area contributed by atoms with Crippen LogP contribution in [-0.4, -0.2) is 15.3 Å². The Bertz CT molecular complexity index is 715. The van der Waals surface area contributed by atoms with Crippen molar-refractivity contribution >= 4 is 40.1 Å². The highest BCUT2D eigenvalue weighted by atomic mass is 35.5. The van der Waals surface area contributed by atoms with Crippen molar-refractivity contribution in [3.63, 3.8) is 0 Å². The second-order valence-corrected chi connectivity index (χ2v) is 4.94. The molecular weight excluding hydrogens is 272 g/mol. The molecule has 90 valence electrons. The zero-order chi connectivity index (χ0) is 12.5. The van der Waals surface area contributed by atoms with E-state index in [4.69, 9.17) is 22.0 Å². The molecular formula is C11H7ClN4OS. The van der Waals surface area contributed by atoms with Crippen LogP contribution in [-0.2, 0) is 0 Å². The number of nitrogens with two attached hydrogens (primary N) is 1. The fourth-order valence-electron chi connectivity index (χ4n) is 1.50. The Balaban J connectivity index is 2.08. The maximum absolute atomic E-state index is 6.06. The first-order valence-electron chi connectivity index (χ1n) is 5.05. The fourth-order valence-corrected chi connectivity index (χ4v) is 2.59. The first-order valence-corrected chi connectivity index (χ1v) is 6.24. The van der Waals surface area contributed by atoms with Crippen molar-refractivity contribution < 1.29 is 4.63 Å². The summed E-state index contributed by atoms with van der Waals surface area (Å²) in [5.74, 6) is 0. The van der Waals surface area contributed by atoms with Gasteiger partial charge in [0, 0.05) is 11.1 Å². The Hall–Kier alpha value is -1.79. The molecule has 18 heavy (non-hydrogen) atoms. The minimum absolute atomic E-state index is 0.530. The van der Waals surface area contributed by atoms with E-state index in [2.05, 4.69) is 15.3 Å². The first kappa shape index (κ1) is 11.3. The van der Waals surface area contributed by atoms with Gasteiger partial charge in [-0.05, 0) is 34.6 Å². The number of hydrogen-bond donors (Lipinski definition) is 1. The normalized spacial score (nSPS) is 10.9. The molecule has 2 heterocycles. The molecule has 0 aliphatic carbocycles. The minimum Gasteiger partial charge on any atom is -0.397 e. The highest BCUT2D eigenvalue weighted by Gasteiger charge is 2.12. The molecule has 7 heteroatoms. The van der Waals surface area contributed by atoms with Crippen LogP contribution in [0.5, 0.6) is 0 Å². The largest absolute Gasteiger partial charge is 0.397 e. The van der Waals surface area contributed by atoms with Crippen molar-refractivity contribution in [2.75, 3.05) is 5.73 Å². The van der Waals surface area contributed by atoms with E-state index in [0.29, 0.717) is 26.8 Å². The van der Waals surface area contributed by atoms with E-state index in [-0.39, 0.29) is 0 Å². The van der Waals surface area contributed by atoms with Crippen LogP contribution in [0.3, 0.4) is 0 Å². The summed E-state index contributed by atoms with van der Waals surface area (Å²) in [5.41, 5.74) is 7.47. The number of anilines is 1. The molecule has 0 aliphatic heterocycles. The summed E-state index contributed by atoms with van der Waals surface area (Å²) in [5, 5.41) is 8.90. The second-order valence-electron chi connectivity index (χ2n) is 3.51.